The van der Waals surface area contributed by atoms with Crippen molar-refractivity contribution in [3.05, 3.63) is 35.6 Å². The van der Waals surface area contributed by atoms with Crippen LogP contribution in [-0.4, -0.2) is 46.3 Å². The summed E-state index contributed by atoms with van der Waals surface area (Å²) in [6, 6.07) is 6.10. The molecule has 0 aromatic heterocycles. The van der Waals surface area contributed by atoms with E-state index in [1.165, 1.54) is 12.1 Å². The number of aliphatic hydroxyl groups excluding tert-OH is 2. The van der Waals surface area contributed by atoms with Gasteiger partial charge in [-0.2, -0.15) is 0 Å². The maximum atomic E-state index is 12.9. The second kappa shape index (κ2) is 5.77. The Hall–Kier alpha value is -1.01. The van der Waals surface area contributed by atoms with Crippen molar-refractivity contribution < 1.29 is 19.3 Å². The highest BCUT2D eigenvalue weighted by molar-refractivity contribution is 5.23. The Kier molecular flexibility index (Phi) is 4.44. The second-order valence-electron chi connectivity index (χ2n) is 6.24. The van der Waals surface area contributed by atoms with E-state index in [1.807, 2.05) is 20.8 Å². The van der Waals surface area contributed by atoms with Gasteiger partial charge in [-0.3, -0.25) is 4.90 Å². The molecule has 1 saturated heterocycles. The fraction of sp³-hybridized carbons (Fsp3) is 0.600. The van der Waals surface area contributed by atoms with E-state index in [1.54, 1.807) is 17.0 Å². The summed E-state index contributed by atoms with van der Waals surface area (Å²) >= 11 is 0. The van der Waals surface area contributed by atoms with Gasteiger partial charge in [0.05, 0.1) is 11.7 Å². The van der Waals surface area contributed by atoms with Gasteiger partial charge in [0.2, 0.25) is 6.41 Å². The van der Waals surface area contributed by atoms with Crippen LogP contribution < -0.4 is 0 Å². The number of halogens is 1. The second-order valence-corrected chi connectivity index (χ2v) is 6.24. The average molecular weight is 283 g/mol. The van der Waals surface area contributed by atoms with Crippen molar-refractivity contribution in [2.45, 2.75) is 44.8 Å². The van der Waals surface area contributed by atoms with Crippen molar-refractivity contribution in [3.8, 4) is 0 Å². The molecule has 0 saturated carbocycles. The molecule has 0 radical (unpaired) electrons. The Labute approximate surface area is 118 Å². The van der Waals surface area contributed by atoms with Crippen LogP contribution in [0.4, 0.5) is 4.39 Å². The lowest BCUT2D eigenvalue weighted by atomic mass is 9.96. The third-order valence-electron chi connectivity index (χ3n) is 3.39. The normalized spacial score (nSPS) is 25.9. The molecule has 0 spiro atoms. The van der Waals surface area contributed by atoms with Gasteiger partial charge in [0.15, 0.2) is 0 Å². The van der Waals surface area contributed by atoms with Crippen LogP contribution in [0, 0.1) is 5.82 Å². The van der Waals surface area contributed by atoms with Crippen molar-refractivity contribution >= 4 is 0 Å². The topological polar surface area (TPSA) is 52.9 Å². The molecule has 0 amide bonds. The lowest BCUT2D eigenvalue weighted by Crippen LogP contribution is -2.40. The van der Waals surface area contributed by atoms with Gasteiger partial charge in [0, 0.05) is 19.0 Å². The first-order chi connectivity index (χ1) is 9.26. The van der Waals surface area contributed by atoms with Crippen LogP contribution in [0.3, 0.4) is 0 Å². The van der Waals surface area contributed by atoms with Crippen molar-refractivity contribution in [2.75, 3.05) is 13.1 Å². The fourth-order valence-electron chi connectivity index (χ4n) is 2.43. The highest BCUT2D eigenvalue weighted by atomic mass is 19.1. The zero-order valence-corrected chi connectivity index (χ0v) is 12.1. The van der Waals surface area contributed by atoms with Crippen molar-refractivity contribution in [3.63, 3.8) is 0 Å². The SMILES string of the molecule is CC(C)(C)OC(O)N1C[C@@H](O)[C@H](c2ccc(F)cc2)C1. The molecule has 20 heavy (non-hydrogen) atoms. The summed E-state index contributed by atoms with van der Waals surface area (Å²) < 4.78 is 18.4. The van der Waals surface area contributed by atoms with Crippen LogP contribution in [0.2, 0.25) is 0 Å². The average Bonchev–Trinajstić information content (AvgIpc) is 2.70. The highest BCUT2D eigenvalue weighted by Gasteiger charge is 2.36. The van der Waals surface area contributed by atoms with E-state index in [0.29, 0.717) is 13.1 Å². The molecule has 1 aliphatic rings. The monoisotopic (exact) mass is 283 g/mol. The number of nitrogens with zero attached hydrogens (tertiary/aromatic N) is 1. The van der Waals surface area contributed by atoms with Gasteiger partial charge in [0.25, 0.3) is 0 Å². The van der Waals surface area contributed by atoms with Gasteiger partial charge in [-0.1, -0.05) is 12.1 Å². The molecule has 1 fully saturated rings. The van der Waals surface area contributed by atoms with Crippen molar-refractivity contribution in [1.29, 1.82) is 0 Å². The van der Waals surface area contributed by atoms with Gasteiger partial charge < -0.3 is 14.9 Å². The summed E-state index contributed by atoms with van der Waals surface area (Å²) in [6.45, 7) is 6.39. The molecule has 4 nitrogen and oxygen atoms in total. The molecular formula is C15H22FNO3. The lowest BCUT2D eigenvalue weighted by Gasteiger charge is -2.29. The molecule has 1 aromatic carbocycles. The molecule has 2 rings (SSSR count). The largest absolute Gasteiger partial charge is 0.391 e. The number of benzene rings is 1. The van der Waals surface area contributed by atoms with E-state index in [4.69, 9.17) is 4.74 Å². The Morgan fingerprint density at radius 2 is 1.85 bits per heavy atom. The number of hydrogen-bond donors (Lipinski definition) is 2. The molecule has 5 heteroatoms. The van der Waals surface area contributed by atoms with E-state index in [0.717, 1.165) is 5.56 Å². The molecule has 1 unspecified atom stereocenters. The van der Waals surface area contributed by atoms with Gasteiger partial charge in [-0.25, -0.2) is 4.39 Å². The molecule has 1 heterocycles. The van der Waals surface area contributed by atoms with Gasteiger partial charge >= 0.3 is 0 Å². The van der Waals surface area contributed by atoms with E-state index < -0.39 is 18.1 Å². The summed E-state index contributed by atoms with van der Waals surface area (Å²) in [5.74, 6) is -0.442. The summed E-state index contributed by atoms with van der Waals surface area (Å²) in [4.78, 5) is 1.68. The molecule has 1 aliphatic heterocycles. The first-order valence-corrected chi connectivity index (χ1v) is 6.80. The van der Waals surface area contributed by atoms with Gasteiger partial charge in [-0.15, -0.1) is 0 Å². The molecule has 112 valence electrons. The van der Waals surface area contributed by atoms with Crippen LogP contribution in [-0.2, 0) is 4.74 Å². The van der Waals surface area contributed by atoms with Crippen molar-refractivity contribution in [1.82, 2.24) is 4.90 Å². The molecule has 2 N–H and O–H groups in total. The minimum Gasteiger partial charge on any atom is -0.391 e. The molecule has 0 aliphatic carbocycles. The zero-order valence-electron chi connectivity index (χ0n) is 12.1. The predicted molar refractivity (Wildman–Crippen MR) is 73.6 cm³/mol. The maximum absolute atomic E-state index is 12.9. The minimum absolute atomic E-state index is 0.145. The fourth-order valence-corrected chi connectivity index (χ4v) is 2.43. The van der Waals surface area contributed by atoms with Crippen LogP contribution in [0.15, 0.2) is 24.3 Å². The first-order valence-electron chi connectivity index (χ1n) is 6.80. The maximum Gasteiger partial charge on any atom is 0.216 e. The quantitative estimate of drug-likeness (QED) is 0.829. The number of ether oxygens (including phenoxy) is 1. The number of β-amino-alcohol motifs (C(OH)–C–C–N with tert-alkyl or cyclic N) is 1. The smallest absolute Gasteiger partial charge is 0.216 e. The summed E-state index contributed by atoms with van der Waals surface area (Å²) in [5.41, 5.74) is 0.405. The van der Waals surface area contributed by atoms with E-state index in [9.17, 15) is 14.6 Å². The van der Waals surface area contributed by atoms with E-state index >= 15 is 0 Å². The Bertz CT molecular complexity index is 443. The summed E-state index contributed by atoms with van der Waals surface area (Å²) in [7, 11) is 0. The number of aliphatic hydroxyl groups is 2. The molecule has 0 bridgehead atoms. The third-order valence-corrected chi connectivity index (χ3v) is 3.39. The first kappa shape index (κ1) is 15.4. The third kappa shape index (κ3) is 3.76. The minimum atomic E-state index is -1.05. The predicted octanol–water partition coefficient (Wildman–Crippen LogP) is 1.68. The van der Waals surface area contributed by atoms with Crippen LogP contribution in [0.5, 0.6) is 0 Å². The van der Waals surface area contributed by atoms with Crippen LogP contribution in [0.25, 0.3) is 0 Å². The summed E-state index contributed by atoms with van der Waals surface area (Å²) in [5, 5.41) is 20.2. The molecule has 3 atom stereocenters. The summed E-state index contributed by atoms with van der Waals surface area (Å²) in [6.07, 6.45) is -1.64. The van der Waals surface area contributed by atoms with Gasteiger partial charge in [0.1, 0.15) is 5.82 Å². The van der Waals surface area contributed by atoms with E-state index in [-0.39, 0.29) is 11.7 Å². The standard InChI is InChI=1S/C15H22FNO3/c1-15(2,3)20-14(19)17-8-12(13(18)9-17)10-4-6-11(16)7-5-10/h4-7,12-14,18-19H,8-9H2,1-3H3/t12-,13+,14?/m0/s1. The number of hydrogen-bond acceptors (Lipinski definition) is 4. The van der Waals surface area contributed by atoms with E-state index in [2.05, 4.69) is 0 Å². The van der Waals surface area contributed by atoms with Crippen LogP contribution in [0.1, 0.15) is 32.3 Å². The lowest BCUT2D eigenvalue weighted by molar-refractivity contribution is -0.235. The Balaban J connectivity index is 2.03. The molecule has 1 aromatic rings. The number of likely N-dealkylation sites (tertiary alicyclic amines) is 1. The number of rotatable bonds is 3. The Morgan fingerprint density at radius 1 is 1.25 bits per heavy atom. The van der Waals surface area contributed by atoms with Crippen molar-refractivity contribution in [2.24, 2.45) is 0 Å². The molecular weight excluding hydrogens is 261 g/mol. The van der Waals surface area contributed by atoms with Crippen LogP contribution >= 0.6 is 0 Å². The zero-order chi connectivity index (χ0) is 14.9. The highest BCUT2D eigenvalue weighted by Crippen LogP contribution is 2.29. The van der Waals surface area contributed by atoms with Gasteiger partial charge in [-0.05, 0) is 38.5 Å². The Morgan fingerprint density at radius 3 is 2.40 bits per heavy atom.